The van der Waals surface area contributed by atoms with Crippen molar-refractivity contribution < 1.29 is 9.53 Å². The van der Waals surface area contributed by atoms with E-state index in [1.165, 1.54) is 5.56 Å². The van der Waals surface area contributed by atoms with Crippen molar-refractivity contribution in [1.29, 1.82) is 0 Å². The molecule has 35 heavy (non-hydrogen) atoms. The molecule has 1 amide bonds. The molecule has 6 nitrogen and oxygen atoms in total. The van der Waals surface area contributed by atoms with Crippen LogP contribution in [0.3, 0.4) is 0 Å². The lowest BCUT2D eigenvalue weighted by atomic mass is 10.1. The van der Waals surface area contributed by atoms with E-state index in [1.807, 2.05) is 35.2 Å². The number of aromatic nitrogens is 2. The monoisotopic (exact) mass is 482 g/mol. The SMILES string of the molecule is COc1ccc(N2CCN(C(=O)c3ccc4c(c3)sc3nc(-c5ccc(C)cc5)cn34)CC2)cc1. The van der Waals surface area contributed by atoms with Gasteiger partial charge < -0.3 is 14.5 Å². The fraction of sp³-hybridized carbons (Fsp3) is 0.214. The summed E-state index contributed by atoms with van der Waals surface area (Å²) < 4.78 is 8.45. The molecule has 0 bridgehead atoms. The second-order valence-corrected chi connectivity index (χ2v) is 9.92. The minimum Gasteiger partial charge on any atom is -0.497 e. The van der Waals surface area contributed by atoms with Crippen molar-refractivity contribution in [2.45, 2.75) is 6.92 Å². The molecule has 1 fully saturated rings. The second kappa shape index (κ2) is 8.74. The number of imidazole rings is 1. The molecule has 0 radical (unpaired) electrons. The van der Waals surface area contributed by atoms with E-state index in [1.54, 1.807) is 18.4 Å². The summed E-state index contributed by atoms with van der Waals surface area (Å²) in [6, 6.07) is 22.5. The van der Waals surface area contributed by atoms with E-state index < -0.39 is 0 Å². The van der Waals surface area contributed by atoms with Gasteiger partial charge in [0.2, 0.25) is 0 Å². The number of hydrogen-bond donors (Lipinski definition) is 0. The van der Waals surface area contributed by atoms with Crippen LogP contribution >= 0.6 is 11.3 Å². The number of carbonyl (C=O) groups excluding carboxylic acids is 1. The standard InChI is InChI=1S/C28H26N4O2S/c1-19-3-5-20(6-4-19)24-18-32-25-12-7-21(17-26(25)35-28(32)29-24)27(33)31-15-13-30(14-16-31)22-8-10-23(34-2)11-9-22/h3-12,17-18H,13-16H2,1-2H3. The van der Waals surface area contributed by atoms with Gasteiger partial charge in [-0.3, -0.25) is 9.20 Å². The quantitative estimate of drug-likeness (QED) is 0.340. The molecule has 0 unspecified atom stereocenters. The van der Waals surface area contributed by atoms with Gasteiger partial charge in [-0.2, -0.15) is 0 Å². The van der Waals surface area contributed by atoms with E-state index in [0.29, 0.717) is 13.1 Å². The normalized spacial score (nSPS) is 14.1. The lowest BCUT2D eigenvalue weighted by Crippen LogP contribution is -2.48. The van der Waals surface area contributed by atoms with Gasteiger partial charge in [0, 0.05) is 49.2 Å². The number of anilines is 1. The molecule has 0 aliphatic carbocycles. The van der Waals surface area contributed by atoms with Gasteiger partial charge in [0.15, 0.2) is 4.96 Å². The van der Waals surface area contributed by atoms with E-state index in [0.717, 1.165) is 56.5 Å². The van der Waals surface area contributed by atoms with Crippen LogP contribution in [0.25, 0.3) is 26.4 Å². The van der Waals surface area contributed by atoms with Gasteiger partial charge in [-0.15, -0.1) is 0 Å². The van der Waals surface area contributed by atoms with E-state index in [9.17, 15) is 4.79 Å². The third-order valence-electron chi connectivity index (χ3n) is 6.69. The topological polar surface area (TPSA) is 50.1 Å². The summed E-state index contributed by atoms with van der Waals surface area (Å²) >= 11 is 1.62. The number of aryl methyl sites for hydroxylation is 1. The average molecular weight is 483 g/mol. The van der Waals surface area contributed by atoms with Crippen LogP contribution in [-0.4, -0.2) is 53.5 Å². The third-order valence-corrected chi connectivity index (χ3v) is 7.71. The molecular weight excluding hydrogens is 456 g/mol. The number of benzene rings is 3. The maximum absolute atomic E-state index is 13.3. The van der Waals surface area contributed by atoms with Crippen molar-refractivity contribution in [2.24, 2.45) is 0 Å². The summed E-state index contributed by atoms with van der Waals surface area (Å²) in [6.07, 6.45) is 2.08. The fourth-order valence-corrected chi connectivity index (χ4v) is 5.69. The molecule has 1 aliphatic heterocycles. The maximum atomic E-state index is 13.3. The van der Waals surface area contributed by atoms with Crippen molar-refractivity contribution in [3.05, 3.63) is 84.1 Å². The van der Waals surface area contributed by atoms with Gasteiger partial charge >= 0.3 is 0 Å². The number of ether oxygens (including phenoxy) is 1. The highest BCUT2D eigenvalue weighted by Gasteiger charge is 2.23. The van der Waals surface area contributed by atoms with Crippen molar-refractivity contribution in [3.8, 4) is 17.0 Å². The molecule has 6 rings (SSSR count). The van der Waals surface area contributed by atoms with Crippen LogP contribution < -0.4 is 9.64 Å². The molecule has 176 valence electrons. The van der Waals surface area contributed by atoms with Crippen molar-refractivity contribution in [2.75, 3.05) is 38.2 Å². The molecule has 1 aliphatic rings. The fourth-order valence-electron chi connectivity index (χ4n) is 4.64. The number of nitrogens with zero attached hydrogens (tertiary/aromatic N) is 4. The Kier molecular flexibility index (Phi) is 5.41. The number of fused-ring (bicyclic) bond motifs is 3. The van der Waals surface area contributed by atoms with Crippen molar-refractivity contribution in [3.63, 3.8) is 0 Å². The van der Waals surface area contributed by atoms with Gasteiger partial charge in [-0.25, -0.2) is 4.98 Å². The summed E-state index contributed by atoms with van der Waals surface area (Å²) in [5, 5.41) is 0. The highest BCUT2D eigenvalue weighted by molar-refractivity contribution is 7.23. The lowest BCUT2D eigenvalue weighted by molar-refractivity contribution is 0.0747. The summed E-state index contributed by atoms with van der Waals surface area (Å²) in [7, 11) is 1.67. The molecule has 0 saturated carbocycles. The molecule has 0 N–H and O–H groups in total. The molecular formula is C28H26N4O2S. The first-order chi connectivity index (χ1) is 17.1. The first-order valence-electron chi connectivity index (χ1n) is 11.8. The smallest absolute Gasteiger partial charge is 0.254 e. The Morgan fingerprint density at radius 2 is 1.69 bits per heavy atom. The molecule has 7 heteroatoms. The Balaban J connectivity index is 1.18. The summed E-state index contributed by atoms with van der Waals surface area (Å²) in [5.41, 5.74) is 6.29. The first kappa shape index (κ1) is 21.7. The molecule has 3 heterocycles. The number of methoxy groups -OCH3 is 1. The zero-order chi connectivity index (χ0) is 23.9. The number of hydrogen-bond acceptors (Lipinski definition) is 5. The summed E-state index contributed by atoms with van der Waals surface area (Å²) in [5.74, 6) is 0.943. The molecule has 0 spiro atoms. The van der Waals surface area contributed by atoms with Gasteiger partial charge in [0.25, 0.3) is 5.91 Å². The zero-order valence-electron chi connectivity index (χ0n) is 19.8. The Labute approximate surface area is 208 Å². The van der Waals surface area contributed by atoms with E-state index in [2.05, 4.69) is 58.8 Å². The van der Waals surface area contributed by atoms with Crippen LogP contribution in [0.1, 0.15) is 15.9 Å². The highest BCUT2D eigenvalue weighted by Crippen LogP contribution is 2.31. The second-order valence-electron chi connectivity index (χ2n) is 8.91. The Morgan fingerprint density at radius 1 is 0.943 bits per heavy atom. The largest absolute Gasteiger partial charge is 0.497 e. The molecule has 0 atom stereocenters. The van der Waals surface area contributed by atoms with E-state index in [-0.39, 0.29) is 5.91 Å². The van der Waals surface area contributed by atoms with Crippen molar-refractivity contribution in [1.82, 2.24) is 14.3 Å². The summed E-state index contributed by atoms with van der Waals surface area (Å²) in [6.45, 7) is 5.12. The number of thiazole rings is 1. The first-order valence-corrected chi connectivity index (χ1v) is 12.6. The van der Waals surface area contributed by atoms with Crippen LogP contribution in [0.15, 0.2) is 72.9 Å². The molecule has 5 aromatic rings. The molecule has 3 aromatic carbocycles. The van der Waals surface area contributed by atoms with Crippen LogP contribution in [0.4, 0.5) is 5.69 Å². The van der Waals surface area contributed by atoms with Crippen LogP contribution in [-0.2, 0) is 0 Å². The predicted octanol–water partition coefficient (Wildman–Crippen LogP) is 5.50. The predicted molar refractivity (Wildman–Crippen MR) is 142 cm³/mol. The van der Waals surface area contributed by atoms with Gasteiger partial charge in [0.05, 0.1) is 23.0 Å². The van der Waals surface area contributed by atoms with Crippen LogP contribution in [0.5, 0.6) is 5.75 Å². The molecule has 2 aromatic heterocycles. The van der Waals surface area contributed by atoms with Gasteiger partial charge in [-0.1, -0.05) is 41.2 Å². The van der Waals surface area contributed by atoms with Gasteiger partial charge in [0.1, 0.15) is 5.75 Å². The maximum Gasteiger partial charge on any atom is 0.254 e. The minimum absolute atomic E-state index is 0.0904. The van der Waals surface area contributed by atoms with E-state index in [4.69, 9.17) is 9.72 Å². The highest BCUT2D eigenvalue weighted by atomic mass is 32.1. The number of piperazine rings is 1. The third kappa shape index (κ3) is 4.02. The number of amides is 1. The number of carbonyl (C=O) groups is 1. The minimum atomic E-state index is 0.0904. The Morgan fingerprint density at radius 3 is 2.40 bits per heavy atom. The Bertz CT molecular complexity index is 1510. The lowest BCUT2D eigenvalue weighted by Gasteiger charge is -2.36. The van der Waals surface area contributed by atoms with Crippen molar-refractivity contribution >= 4 is 38.1 Å². The summed E-state index contributed by atoms with van der Waals surface area (Å²) in [4.78, 5) is 23.3. The van der Waals surface area contributed by atoms with Crippen LogP contribution in [0, 0.1) is 6.92 Å². The molecule has 1 saturated heterocycles. The number of rotatable bonds is 4. The average Bonchev–Trinajstić information content (AvgIpc) is 3.46. The van der Waals surface area contributed by atoms with E-state index >= 15 is 0 Å². The van der Waals surface area contributed by atoms with Gasteiger partial charge in [-0.05, 0) is 49.4 Å². The Hall–Kier alpha value is -3.84. The zero-order valence-corrected chi connectivity index (χ0v) is 20.6. The van der Waals surface area contributed by atoms with Crippen LogP contribution in [0.2, 0.25) is 0 Å².